The largest absolute Gasteiger partial charge is 0.355 e. The van der Waals surface area contributed by atoms with Gasteiger partial charge in [-0.1, -0.05) is 17.3 Å². The van der Waals surface area contributed by atoms with Gasteiger partial charge in [-0.2, -0.15) is 0 Å². The maximum Gasteiger partial charge on any atom is 0.273 e. The number of pyridine rings is 1. The standard InChI is InChI=1S/C15H13N3O2S/c1-10(11-4-2-6-16-9-11)17-15(19)12-8-13(20-18-12)14-5-3-7-21-14/h2-10H,1H3,(H,17,19). The van der Waals surface area contributed by atoms with Gasteiger partial charge in [-0.05, 0) is 30.0 Å². The molecule has 5 nitrogen and oxygen atoms in total. The Morgan fingerprint density at radius 1 is 1.38 bits per heavy atom. The van der Waals surface area contributed by atoms with Gasteiger partial charge in [0.1, 0.15) is 0 Å². The highest BCUT2D eigenvalue weighted by Crippen LogP contribution is 2.25. The second kappa shape index (κ2) is 5.88. The first-order chi connectivity index (χ1) is 10.2. The lowest BCUT2D eigenvalue weighted by Gasteiger charge is -2.12. The van der Waals surface area contributed by atoms with Crippen LogP contribution >= 0.6 is 11.3 Å². The first-order valence-electron chi connectivity index (χ1n) is 6.45. The molecule has 6 heteroatoms. The second-order valence-electron chi connectivity index (χ2n) is 4.54. The van der Waals surface area contributed by atoms with Crippen molar-refractivity contribution in [3.63, 3.8) is 0 Å². The molecular formula is C15H13N3O2S. The smallest absolute Gasteiger partial charge is 0.273 e. The summed E-state index contributed by atoms with van der Waals surface area (Å²) in [6.07, 6.45) is 3.42. The third-order valence-electron chi connectivity index (χ3n) is 3.04. The van der Waals surface area contributed by atoms with Crippen LogP contribution in [0, 0.1) is 0 Å². The van der Waals surface area contributed by atoms with Crippen LogP contribution in [0.4, 0.5) is 0 Å². The average Bonchev–Trinajstić information content (AvgIpc) is 3.19. The van der Waals surface area contributed by atoms with Gasteiger partial charge in [-0.3, -0.25) is 9.78 Å². The highest BCUT2D eigenvalue weighted by molar-refractivity contribution is 7.13. The fraction of sp³-hybridized carbons (Fsp3) is 0.133. The van der Waals surface area contributed by atoms with Gasteiger partial charge in [0, 0.05) is 18.5 Å². The molecule has 0 aromatic carbocycles. The molecule has 0 aliphatic heterocycles. The number of nitrogens with zero attached hydrogens (tertiary/aromatic N) is 2. The molecule has 0 bridgehead atoms. The van der Waals surface area contributed by atoms with Gasteiger partial charge in [0.2, 0.25) is 0 Å². The SMILES string of the molecule is CC(NC(=O)c1cc(-c2cccs2)on1)c1cccnc1. The summed E-state index contributed by atoms with van der Waals surface area (Å²) in [5.41, 5.74) is 1.21. The van der Waals surface area contributed by atoms with Crippen molar-refractivity contribution in [3.8, 4) is 10.6 Å². The van der Waals surface area contributed by atoms with Crippen molar-refractivity contribution in [2.75, 3.05) is 0 Å². The summed E-state index contributed by atoms with van der Waals surface area (Å²) in [6.45, 7) is 1.90. The van der Waals surface area contributed by atoms with E-state index in [4.69, 9.17) is 4.52 Å². The molecule has 0 fully saturated rings. The number of rotatable bonds is 4. The van der Waals surface area contributed by atoms with Crippen LogP contribution in [0.2, 0.25) is 0 Å². The number of amides is 1. The van der Waals surface area contributed by atoms with E-state index >= 15 is 0 Å². The molecule has 1 N–H and O–H groups in total. The minimum atomic E-state index is -0.266. The average molecular weight is 299 g/mol. The third-order valence-corrected chi connectivity index (χ3v) is 3.92. The van der Waals surface area contributed by atoms with E-state index < -0.39 is 0 Å². The molecule has 1 unspecified atom stereocenters. The van der Waals surface area contributed by atoms with E-state index in [1.807, 2.05) is 36.6 Å². The molecule has 0 radical (unpaired) electrons. The molecule has 3 rings (SSSR count). The van der Waals surface area contributed by atoms with E-state index in [-0.39, 0.29) is 17.6 Å². The van der Waals surface area contributed by atoms with Crippen LogP contribution in [0.1, 0.15) is 29.0 Å². The summed E-state index contributed by atoms with van der Waals surface area (Å²) in [6, 6.07) is 9.10. The molecular weight excluding hydrogens is 286 g/mol. The molecule has 0 aliphatic rings. The molecule has 3 aromatic rings. The maximum absolute atomic E-state index is 12.2. The van der Waals surface area contributed by atoms with Gasteiger partial charge < -0.3 is 9.84 Å². The maximum atomic E-state index is 12.2. The predicted molar refractivity (Wildman–Crippen MR) is 79.9 cm³/mol. The summed E-state index contributed by atoms with van der Waals surface area (Å²) in [4.78, 5) is 17.1. The lowest BCUT2D eigenvalue weighted by atomic mass is 10.1. The lowest BCUT2D eigenvalue weighted by molar-refractivity contribution is 0.0931. The van der Waals surface area contributed by atoms with Crippen LogP contribution in [0.5, 0.6) is 0 Å². The van der Waals surface area contributed by atoms with Crippen LogP contribution in [0.15, 0.2) is 52.6 Å². The Morgan fingerprint density at radius 2 is 2.29 bits per heavy atom. The number of carbonyl (C=O) groups excluding carboxylic acids is 1. The molecule has 0 saturated carbocycles. The van der Waals surface area contributed by atoms with Crippen molar-refractivity contribution >= 4 is 17.2 Å². The minimum Gasteiger partial charge on any atom is -0.355 e. The van der Waals surface area contributed by atoms with Crippen LogP contribution in [-0.2, 0) is 0 Å². The monoisotopic (exact) mass is 299 g/mol. The zero-order chi connectivity index (χ0) is 14.7. The topological polar surface area (TPSA) is 68.0 Å². The van der Waals surface area contributed by atoms with Gasteiger partial charge in [0.25, 0.3) is 5.91 Å². The fourth-order valence-electron chi connectivity index (χ4n) is 1.90. The van der Waals surface area contributed by atoms with Crippen molar-refractivity contribution < 1.29 is 9.32 Å². The zero-order valence-corrected chi connectivity index (χ0v) is 12.1. The van der Waals surface area contributed by atoms with Crippen LogP contribution < -0.4 is 5.32 Å². The Bertz CT molecular complexity index is 722. The molecule has 1 atom stereocenters. The van der Waals surface area contributed by atoms with E-state index in [2.05, 4.69) is 15.5 Å². The van der Waals surface area contributed by atoms with Crippen molar-refractivity contribution in [2.24, 2.45) is 0 Å². The number of nitrogens with one attached hydrogen (secondary N) is 1. The van der Waals surface area contributed by atoms with Crippen LogP contribution in [0.3, 0.4) is 0 Å². The predicted octanol–water partition coefficient (Wildman–Crippen LogP) is 3.29. The molecule has 0 spiro atoms. The number of carbonyl (C=O) groups is 1. The zero-order valence-electron chi connectivity index (χ0n) is 11.3. The van der Waals surface area contributed by atoms with Crippen LogP contribution in [0.25, 0.3) is 10.6 Å². The van der Waals surface area contributed by atoms with E-state index in [0.717, 1.165) is 10.4 Å². The molecule has 0 saturated heterocycles. The summed E-state index contributed by atoms with van der Waals surface area (Å²) < 4.78 is 5.20. The molecule has 3 heterocycles. The quantitative estimate of drug-likeness (QED) is 0.802. The second-order valence-corrected chi connectivity index (χ2v) is 5.48. The summed E-state index contributed by atoms with van der Waals surface area (Å²) >= 11 is 1.54. The third kappa shape index (κ3) is 3.00. The fourth-order valence-corrected chi connectivity index (χ4v) is 2.58. The Hall–Kier alpha value is -2.47. The highest BCUT2D eigenvalue weighted by atomic mass is 32.1. The summed E-state index contributed by atoms with van der Waals surface area (Å²) in [5.74, 6) is 0.335. The first kappa shape index (κ1) is 13.5. The molecule has 106 valence electrons. The van der Waals surface area contributed by atoms with Gasteiger partial charge in [0.15, 0.2) is 11.5 Å². The van der Waals surface area contributed by atoms with E-state index in [0.29, 0.717) is 5.76 Å². The summed E-state index contributed by atoms with van der Waals surface area (Å²) in [5, 5.41) is 8.64. The lowest BCUT2D eigenvalue weighted by Crippen LogP contribution is -2.26. The Balaban J connectivity index is 1.71. The van der Waals surface area contributed by atoms with Crippen molar-refractivity contribution in [1.82, 2.24) is 15.5 Å². The summed E-state index contributed by atoms with van der Waals surface area (Å²) in [7, 11) is 0. The Labute approximate surface area is 125 Å². The van der Waals surface area contributed by atoms with Gasteiger partial charge in [-0.25, -0.2) is 0 Å². The Morgan fingerprint density at radius 3 is 3.00 bits per heavy atom. The molecule has 0 aliphatic carbocycles. The van der Waals surface area contributed by atoms with Gasteiger partial charge in [-0.15, -0.1) is 11.3 Å². The van der Waals surface area contributed by atoms with Crippen molar-refractivity contribution in [3.05, 3.63) is 59.4 Å². The normalized spacial score (nSPS) is 12.0. The highest BCUT2D eigenvalue weighted by Gasteiger charge is 2.16. The van der Waals surface area contributed by atoms with Gasteiger partial charge >= 0.3 is 0 Å². The molecule has 21 heavy (non-hydrogen) atoms. The van der Waals surface area contributed by atoms with Gasteiger partial charge in [0.05, 0.1) is 10.9 Å². The number of aromatic nitrogens is 2. The number of hydrogen-bond acceptors (Lipinski definition) is 5. The number of hydrogen-bond donors (Lipinski definition) is 1. The Kier molecular flexibility index (Phi) is 3.79. The first-order valence-corrected chi connectivity index (χ1v) is 7.33. The molecule has 1 amide bonds. The minimum absolute atomic E-state index is 0.145. The van der Waals surface area contributed by atoms with E-state index in [1.54, 1.807) is 18.5 Å². The van der Waals surface area contributed by atoms with E-state index in [9.17, 15) is 4.79 Å². The van der Waals surface area contributed by atoms with E-state index in [1.165, 1.54) is 11.3 Å². The number of thiophene rings is 1. The van der Waals surface area contributed by atoms with Crippen molar-refractivity contribution in [1.29, 1.82) is 0 Å². The van der Waals surface area contributed by atoms with Crippen molar-refractivity contribution in [2.45, 2.75) is 13.0 Å². The van der Waals surface area contributed by atoms with Crippen LogP contribution in [-0.4, -0.2) is 16.0 Å². The molecule has 3 aromatic heterocycles.